The first-order chi connectivity index (χ1) is 8.94. The lowest BCUT2D eigenvalue weighted by molar-refractivity contribution is 0.00578. The van der Waals surface area contributed by atoms with Gasteiger partial charge < -0.3 is 19.5 Å². The lowest BCUT2D eigenvalue weighted by atomic mass is 9.72. The van der Waals surface area contributed by atoms with Gasteiger partial charge in [-0.1, -0.05) is 6.07 Å². The molecule has 0 spiro atoms. The fourth-order valence-corrected chi connectivity index (χ4v) is 2.25. The fourth-order valence-electron chi connectivity index (χ4n) is 2.25. The van der Waals surface area contributed by atoms with Crippen molar-refractivity contribution >= 4 is 12.6 Å². The minimum absolute atomic E-state index is 0.113. The van der Waals surface area contributed by atoms with E-state index in [1.807, 2.05) is 27.7 Å². The highest BCUT2D eigenvalue weighted by Crippen LogP contribution is 2.37. The molecule has 20 heavy (non-hydrogen) atoms. The van der Waals surface area contributed by atoms with E-state index in [1.165, 1.54) is 0 Å². The second kappa shape index (κ2) is 4.48. The predicted molar refractivity (Wildman–Crippen MR) is 79.1 cm³/mol. The Morgan fingerprint density at radius 1 is 1.05 bits per heavy atom. The van der Waals surface area contributed by atoms with Crippen LogP contribution in [0.3, 0.4) is 0 Å². The van der Waals surface area contributed by atoms with Crippen molar-refractivity contribution in [2.45, 2.75) is 58.3 Å². The van der Waals surface area contributed by atoms with Crippen LogP contribution < -0.4 is 5.46 Å². The van der Waals surface area contributed by atoms with E-state index in [0.717, 1.165) is 5.46 Å². The van der Waals surface area contributed by atoms with Crippen molar-refractivity contribution in [3.63, 3.8) is 0 Å². The zero-order valence-electron chi connectivity index (χ0n) is 13.0. The van der Waals surface area contributed by atoms with Gasteiger partial charge in [-0.15, -0.1) is 0 Å². The van der Waals surface area contributed by atoms with Gasteiger partial charge in [0.1, 0.15) is 5.75 Å². The molecule has 0 atom stereocenters. The summed E-state index contributed by atoms with van der Waals surface area (Å²) in [7, 11) is -0.554. The smallest absolute Gasteiger partial charge is 0.495 e. The highest BCUT2D eigenvalue weighted by atomic mass is 16.7. The summed E-state index contributed by atoms with van der Waals surface area (Å²) in [6.07, 6.45) is 0. The molecule has 2 rings (SSSR count). The fraction of sp³-hybridized carbons (Fsp3) is 0.600. The maximum atomic E-state index is 10.3. The third kappa shape index (κ3) is 2.58. The number of aliphatic hydroxyl groups is 1. The lowest BCUT2D eigenvalue weighted by Crippen LogP contribution is -2.41. The molecule has 2 N–H and O–H groups in total. The molecule has 110 valence electrons. The first-order valence-corrected chi connectivity index (χ1v) is 6.85. The summed E-state index contributed by atoms with van der Waals surface area (Å²) in [5.74, 6) is 0.113. The Morgan fingerprint density at radius 2 is 1.55 bits per heavy atom. The molecule has 0 saturated carbocycles. The number of hydrogen-bond donors (Lipinski definition) is 2. The van der Waals surface area contributed by atoms with Gasteiger partial charge in [-0.3, -0.25) is 0 Å². The SMILES string of the molecule is CC(C)(O)c1cc(O)ccc1B1OC(C)(C)C(C)(C)O1. The third-order valence-corrected chi connectivity index (χ3v) is 4.20. The van der Waals surface area contributed by atoms with Gasteiger partial charge in [-0.25, -0.2) is 0 Å². The summed E-state index contributed by atoms with van der Waals surface area (Å²) < 4.78 is 12.0. The van der Waals surface area contributed by atoms with Crippen molar-refractivity contribution in [3.05, 3.63) is 23.8 Å². The second-order valence-electron chi connectivity index (χ2n) is 6.92. The summed E-state index contributed by atoms with van der Waals surface area (Å²) in [4.78, 5) is 0. The van der Waals surface area contributed by atoms with Crippen LogP contribution in [-0.2, 0) is 14.9 Å². The monoisotopic (exact) mass is 278 g/mol. The molecule has 0 aromatic heterocycles. The highest BCUT2D eigenvalue weighted by Gasteiger charge is 2.52. The minimum atomic E-state index is -1.09. The largest absolute Gasteiger partial charge is 0.508 e. The Bertz CT molecular complexity index is 501. The van der Waals surface area contributed by atoms with Gasteiger partial charge in [0.05, 0.1) is 16.8 Å². The second-order valence-corrected chi connectivity index (χ2v) is 6.92. The molecule has 0 amide bonds. The molecule has 5 heteroatoms. The van der Waals surface area contributed by atoms with Gasteiger partial charge in [-0.05, 0) is 64.7 Å². The summed E-state index contributed by atoms with van der Waals surface area (Å²) in [6.45, 7) is 11.3. The molecular formula is C15H23BO4. The summed E-state index contributed by atoms with van der Waals surface area (Å²) >= 11 is 0. The Labute approximate surface area is 120 Å². The van der Waals surface area contributed by atoms with Gasteiger partial charge in [-0.2, -0.15) is 0 Å². The van der Waals surface area contributed by atoms with Crippen LogP contribution in [0.2, 0.25) is 0 Å². The topological polar surface area (TPSA) is 58.9 Å². The summed E-state index contributed by atoms with van der Waals surface area (Å²) in [5, 5.41) is 19.9. The summed E-state index contributed by atoms with van der Waals surface area (Å²) in [6, 6.07) is 4.88. The molecule has 1 fully saturated rings. The Hall–Kier alpha value is -1.04. The number of aromatic hydroxyl groups is 1. The maximum Gasteiger partial charge on any atom is 0.495 e. The van der Waals surface area contributed by atoms with Crippen LogP contribution in [-0.4, -0.2) is 28.5 Å². The molecule has 0 aliphatic carbocycles. The van der Waals surface area contributed by atoms with Crippen LogP contribution in [0.1, 0.15) is 47.1 Å². The Kier molecular flexibility index (Phi) is 3.44. The molecule has 1 aliphatic rings. The van der Waals surface area contributed by atoms with Gasteiger partial charge in [0.2, 0.25) is 0 Å². The number of phenolic OH excluding ortho intramolecular Hbond substituents is 1. The zero-order chi connectivity index (χ0) is 15.3. The zero-order valence-corrected chi connectivity index (χ0v) is 13.0. The van der Waals surface area contributed by atoms with Crippen LogP contribution in [0.25, 0.3) is 0 Å². The van der Waals surface area contributed by atoms with Gasteiger partial charge >= 0.3 is 7.12 Å². The van der Waals surface area contributed by atoms with Crippen molar-refractivity contribution in [3.8, 4) is 5.75 Å². The maximum absolute atomic E-state index is 10.3. The number of hydrogen-bond acceptors (Lipinski definition) is 4. The van der Waals surface area contributed by atoms with Crippen LogP contribution in [0.5, 0.6) is 5.75 Å². The van der Waals surface area contributed by atoms with Gasteiger partial charge in [0, 0.05) is 0 Å². The number of benzene rings is 1. The third-order valence-electron chi connectivity index (χ3n) is 4.20. The molecular weight excluding hydrogens is 255 g/mol. The van der Waals surface area contributed by atoms with E-state index in [1.54, 1.807) is 32.0 Å². The average molecular weight is 278 g/mol. The van der Waals surface area contributed by atoms with Crippen molar-refractivity contribution < 1.29 is 19.5 Å². The van der Waals surface area contributed by atoms with Crippen molar-refractivity contribution in [2.24, 2.45) is 0 Å². The molecule has 1 saturated heterocycles. The van der Waals surface area contributed by atoms with Gasteiger partial charge in [0.15, 0.2) is 0 Å². The van der Waals surface area contributed by atoms with Crippen LogP contribution in [0, 0.1) is 0 Å². The van der Waals surface area contributed by atoms with Crippen LogP contribution in [0.4, 0.5) is 0 Å². The van der Waals surface area contributed by atoms with Crippen LogP contribution in [0.15, 0.2) is 18.2 Å². The van der Waals surface area contributed by atoms with E-state index in [2.05, 4.69) is 0 Å². The molecule has 0 bridgehead atoms. The first-order valence-electron chi connectivity index (χ1n) is 6.85. The predicted octanol–water partition coefficient (Wildman–Crippen LogP) is 1.92. The van der Waals surface area contributed by atoms with E-state index in [-0.39, 0.29) is 5.75 Å². The molecule has 0 radical (unpaired) electrons. The average Bonchev–Trinajstić information content (AvgIpc) is 2.46. The minimum Gasteiger partial charge on any atom is -0.508 e. The van der Waals surface area contributed by atoms with Crippen molar-refractivity contribution in [1.82, 2.24) is 0 Å². The molecule has 1 aromatic rings. The normalized spacial score (nSPS) is 21.2. The van der Waals surface area contributed by atoms with E-state index >= 15 is 0 Å². The van der Waals surface area contributed by atoms with E-state index < -0.39 is 23.9 Å². The van der Waals surface area contributed by atoms with E-state index in [0.29, 0.717) is 5.56 Å². The number of rotatable bonds is 2. The van der Waals surface area contributed by atoms with Gasteiger partial charge in [0.25, 0.3) is 0 Å². The Balaban J connectivity index is 2.46. The Morgan fingerprint density at radius 3 is 2.00 bits per heavy atom. The first kappa shape index (κ1) is 15.4. The summed E-state index contributed by atoms with van der Waals surface area (Å²) in [5.41, 5.74) is -0.610. The lowest BCUT2D eigenvalue weighted by Gasteiger charge is -2.32. The van der Waals surface area contributed by atoms with Crippen LogP contribution >= 0.6 is 0 Å². The molecule has 0 unspecified atom stereocenters. The van der Waals surface area contributed by atoms with E-state index in [9.17, 15) is 10.2 Å². The van der Waals surface area contributed by atoms with E-state index in [4.69, 9.17) is 9.31 Å². The van der Waals surface area contributed by atoms with Crippen molar-refractivity contribution in [1.29, 1.82) is 0 Å². The molecule has 4 nitrogen and oxygen atoms in total. The van der Waals surface area contributed by atoms with Crippen molar-refractivity contribution in [2.75, 3.05) is 0 Å². The molecule has 1 aromatic carbocycles. The quantitative estimate of drug-likeness (QED) is 0.811. The molecule has 1 aliphatic heterocycles. The standard InChI is InChI=1S/C15H23BO4/c1-13(2,18)11-9-10(17)7-8-12(11)16-19-14(3,4)15(5,6)20-16/h7-9,17-18H,1-6H3. The number of phenols is 1. The highest BCUT2D eigenvalue weighted by molar-refractivity contribution is 6.62. The molecule has 1 heterocycles.